The molecule has 0 radical (unpaired) electrons. The second-order valence-corrected chi connectivity index (χ2v) is 8.17. The Hall–Kier alpha value is -0.160. The Bertz CT molecular complexity index is 468. The lowest BCUT2D eigenvalue weighted by Gasteiger charge is -2.38. The maximum Gasteiger partial charge on any atom is 0.193 e. The lowest BCUT2D eigenvalue weighted by Crippen LogP contribution is -2.54. The zero-order valence-electron chi connectivity index (χ0n) is 17.9. The van der Waals surface area contributed by atoms with E-state index in [0.29, 0.717) is 5.92 Å². The summed E-state index contributed by atoms with van der Waals surface area (Å²) in [5, 5.41) is 3.60. The fourth-order valence-electron chi connectivity index (χ4n) is 4.38. The molecule has 164 valence electrons. The van der Waals surface area contributed by atoms with Gasteiger partial charge in [-0.15, -0.1) is 24.0 Å². The minimum Gasteiger partial charge on any atom is -0.375 e. The summed E-state index contributed by atoms with van der Waals surface area (Å²) in [5.74, 6) is 1.61. The van der Waals surface area contributed by atoms with Crippen LogP contribution in [0.15, 0.2) is 4.99 Å². The molecule has 3 aliphatic rings. The number of rotatable bonds is 6. The van der Waals surface area contributed by atoms with Gasteiger partial charge in [0.1, 0.15) is 6.10 Å². The van der Waals surface area contributed by atoms with Crippen LogP contribution in [0.4, 0.5) is 0 Å². The third-order valence-corrected chi connectivity index (χ3v) is 6.08. The van der Waals surface area contributed by atoms with Crippen LogP contribution in [0.2, 0.25) is 0 Å². The summed E-state index contributed by atoms with van der Waals surface area (Å²) in [6.07, 6.45) is 2.70. The molecule has 0 spiro atoms. The first-order valence-electron chi connectivity index (χ1n) is 10.8. The zero-order chi connectivity index (χ0) is 19.1. The molecule has 8 heteroatoms. The maximum absolute atomic E-state index is 5.97. The Morgan fingerprint density at radius 2 is 1.79 bits per heavy atom. The number of guanidine groups is 1. The summed E-state index contributed by atoms with van der Waals surface area (Å²) in [7, 11) is 1.88. The molecule has 3 heterocycles. The van der Waals surface area contributed by atoms with E-state index in [2.05, 4.69) is 38.9 Å². The molecule has 28 heavy (non-hydrogen) atoms. The van der Waals surface area contributed by atoms with E-state index in [4.69, 9.17) is 9.47 Å². The second-order valence-electron chi connectivity index (χ2n) is 8.17. The molecule has 7 nitrogen and oxygen atoms in total. The molecule has 0 amide bonds. The van der Waals surface area contributed by atoms with Crippen LogP contribution in [0, 0.1) is 5.92 Å². The lowest BCUT2D eigenvalue weighted by molar-refractivity contribution is -0.0817. The standard InChI is InChI=1S/C20H39N5O2.HI/c1-4-23-7-9-24(10-8-23)15-17(2)14-22-20(21-3)25-11-13-27-19(16-25)18-6-5-12-26-18;/h17-19H,4-16H2,1-3H3,(H,21,22);1H. The number of morpholine rings is 1. The van der Waals surface area contributed by atoms with E-state index >= 15 is 0 Å². The van der Waals surface area contributed by atoms with Crippen molar-refractivity contribution in [1.29, 1.82) is 0 Å². The van der Waals surface area contributed by atoms with Gasteiger partial charge in [0.2, 0.25) is 0 Å². The molecular formula is C20H40IN5O2. The van der Waals surface area contributed by atoms with Crippen LogP contribution in [-0.4, -0.2) is 112 Å². The fraction of sp³-hybridized carbons (Fsp3) is 0.950. The Morgan fingerprint density at radius 3 is 2.43 bits per heavy atom. The number of piperazine rings is 1. The summed E-state index contributed by atoms with van der Waals surface area (Å²) >= 11 is 0. The summed E-state index contributed by atoms with van der Waals surface area (Å²) in [4.78, 5) is 12.0. The number of nitrogens with one attached hydrogen (secondary N) is 1. The number of hydrogen-bond acceptors (Lipinski definition) is 5. The minimum atomic E-state index is 0. The van der Waals surface area contributed by atoms with Crippen LogP contribution >= 0.6 is 24.0 Å². The summed E-state index contributed by atoms with van der Waals surface area (Å²) in [6, 6.07) is 0. The van der Waals surface area contributed by atoms with Crippen molar-refractivity contribution in [2.45, 2.75) is 38.9 Å². The summed E-state index contributed by atoms with van der Waals surface area (Å²) < 4.78 is 11.8. The van der Waals surface area contributed by atoms with E-state index in [9.17, 15) is 0 Å². The molecule has 0 bridgehead atoms. The predicted molar refractivity (Wildman–Crippen MR) is 125 cm³/mol. The van der Waals surface area contributed by atoms with Crippen LogP contribution in [-0.2, 0) is 9.47 Å². The van der Waals surface area contributed by atoms with Gasteiger partial charge >= 0.3 is 0 Å². The third kappa shape index (κ3) is 6.97. The zero-order valence-corrected chi connectivity index (χ0v) is 20.3. The molecular weight excluding hydrogens is 469 g/mol. The van der Waals surface area contributed by atoms with Crippen LogP contribution in [0.5, 0.6) is 0 Å². The Morgan fingerprint density at radius 1 is 1.07 bits per heavy atom. The first kappa shape index (κ1) is 24.1. The van der Waals surface area contributed by atoms with Crippen LogP contribution < -0.4 is 5.32 Å². The predicted octanol–water partition coefficient (Wildman–Crippen LogP) is 1.33. The number of ether oxygens (including phenoxy) is 2. The fourth-order valence-corrected chi connectivity index (χ4v) is 4.38. The minimum absolute atomic E-state index is 0. The van der Waals surface area contributed by atoms with Gasteiger partial charge in [0.05, 0.1) is 12.7 Å². The largest absolute Gasteiger partial charge is 0.375 e. The highest BCUT2D eigenvalue weighted by Crippen LogP contribution is 2.21. The van der Waals surface area contributed by atoms with Gasteiger partial charge in [-0.1, -0.05) is 13.8 Å². The van der Waals surface area contributed by atoms with Crippen molar-refractivity contribution in [1.82, 2.24) is 20.0 Å². The topological polar surface area (TPSA) is 52.6 Å². The molecule has 3 saturated heterocycles. The summed E-state index contributed by atoms with van der Waals surface area (Å²) in [6.45, 7) is 16.1. The number of nitrogens with zero attached hydrogens (tertiary/aromatic N) is 4. The number of aliphatic imine (C=N–C) groups is 1. The number of hydrogen-bond donors (Lipinski definition) is 1. The average molecular weight is 509 g/mol. The van der Waals surface area contributed by atoms with Crippen LogP contribution in [0.3, 0.4) is 0 Å². The van der Waals surface area contributed by atoms with Gasteiger partial charge in [-0.05, 0) is 25.3 Å². The highest BCUT2D eigenvalue weighted by atomic mass is 127. The van der Waals surface area contributed by atoms with Crippen molar-refractivity contribution < 1.29 is 9.47 Å². The van der Waals surface area contributed by atoms with Gasteiger partial charge in [0.25, 0.3) is 0 Å². The van der Waals surface area contributed by atoms with Gasteiger partial charge in [0, 0.05) is 66.0 Å². The van der Waals surface area contributed by atoms with Gasteiger partial charge in [-0.25, -0.2) is 0 Å². The van der Waals surface area contributed by atoms with Gasteiger partial charge < -0.3 is 29.5 Å². The van der Waals surface area contributed by atoms with Crippen molar-refractivity contribution in [3.05, 3.63) is 0 Å². The SMILES string of the molecule is CCN1CCN(CC(C)CNC(=NC)N2CCOC(C3CCCO3)C2)CC1.I. The monoisotopic (exact) mass is 509 g/mol. The van der Waals surface area contributed by atoms with Crippen molar-refractivity contribution >= 4 is 29.9 Å². The number of likely N-dealkylation sites (N-methyl/N-ethyl adjacent to an activating group) is 1. The highest BCUT2D eigenvalue weighted by molar-refractivity contribution is 14.0. The van der Waals surface area contributed by atoms with Gasteiger partial charge in [-0.2, -0.15) is 0 Å². The quantitative estimate of drug-likeness (QED) is 0.332. The van der Waals surface area contributed by atoms with Gasteiger partial charge in [-0.3, -0.25) is 4.99 Å². The molecule has 3 fully saturated rings. The maximum atomic E-state index is 5.97. The van der Waals surface area contributed by atoms with E-state index in [1.165, 1.54) is 32.7 Å². The molecule has 3 atom stereocenters. The van der Waals surface area contributed by atoms with E-state index < -0.39 is 0 Å². The van der Waals surface area contributed by atoms with E-state index in [1.54, 1.807) is 0 Å². The smallest absolute Gasteiger partial charge is 0.193 e. The van der Waals surface area contributed by atoms with E-state index in [-0.39, 0.29) is 36.2 Å². The van der Waals surface area contributed by atoms with Gasteiger partial charge in [0.15, 0.2) is 5.96 Å². The lowest BCUT2D eigenvalue weighted by atomic mass is 10.1. The average Bonchev–Trinajstić information content (AvgIpc) is 3.24. The molecule has 0 aromatic heterocycles. The molecule has 3 unspecified atom stereocenters. The van der Waals surface area contributed by atoms with Crippen LogP contribution in [0.25, 0.3) is 0 Å². The van der Waals surface area contributed by atoms with E-state index in [1.807, 2.05) is 7.05 Å². The Labute approximate surface area is 188 Å². The van der Waals surface area contributed by atoms with Crippen LogP contribution in [0.1, 0.15) is 26.7 Å². The molecule has 0 aromatic rings. The van der Waals surface area contributed by atoms with Crippen molar-refractivity contribution in [3.63, 3.8) is 0 Å². The Balaban J connectivity index is 0.00000280. The van der Waals surface area contributed by atoms with Crippen molar-refractivity contribution in [3.8, 4) is 0 Å². The normalized spacial score (nSPS) is 28.8. The molecule has 3 rings (SSSR count). The Kier molecular flexibility index (Phi) is 10.8. The van der Waals surface area contributed by atoms with E-state index in [0.717, 1.165) is 58.2 Å². The molecule has 0 saturated carbocycles. The third-order valence-electron chi connectivity index (χ3n) is 6.08. The van der Waals surface area contributed by atoms with Crippen molar-refractivity contribution in [2.75, 3.05) is 79.2 Å². The molecule has 3 aliphatic heterocycles. The molecule has 0 aliphatic carbocycles. The highest BCUT2D eigenvalue weighted by Gasteiger charge is 2.32. The summed E-state index contributed by atoms with van der Waals surface area (Å²) in [5.41, 5.74) is 0. The first-order chi connectivity index (χ1) is 13.2. The molecule has 0 aromatic carbocycles. The first-order valence-corrected chi connectivity index (χ1v) is 10.8. The molecule has 1 N–H and O–H groups in total. The second kappa shape index (κ2) is 12.5. The van der Waals surface area contributed by atoms with Crippen molar-refractivity contribution in [2.24, 2.45) is 10.9 Å². The number of halogens is 1.